The van der Waals surface area contributed by atoms with Gasteiger partial charge >= 0.3 is 0 Å². The Kier molecular flexibility index (Phi) is 6.73. The van der Waals surface area contributed by atoms with Crippen LogP contribution < -0.4 is 5.32 Å². The van der Waals surface area contributed by atoms with Crippen molar-refractivity contribution in [3.63, 3.8) is 0 Å². The number of nitrogens with one attached hydrogen (secondary N) is 2. The maximum atomic E-state index is 12.9. The number of aryl methyl sites for hydroxylation is 2. The molecule has 0 aliphatic rings. The molecule has 3 heteroatoms. The maximum absolute atomic E-state index is 12.9. The molecule has 0 spiro atoms. The quantitative estimate of drug-likeness (QED) is 0.450. The lowest BCUT2D eigenvalue weighted by Crippen LogP contribution is -2.18. The van der Waals surface area contributed by atoms with Crippen LogP contribution >= 0.6 is 0 Å². The van der Waals surface area contributed by atoms with Gasteiger partial charge in [-0.25, -0.2) is 0 Å². The minimum atomic E-state index is -0.215. The zero-order chi connectivity index (χ0) is 19.3. The Morgan fingerprint density at radius 3 is 2.35 bits per heavy atom. The molecule has 0 bridgehead atoms. The third kappa shape index (κ3) is 4.40. The molecule has 0 aliphatic heterocycles. The van der Waals surface area contributed by atoms with Crippen LogP contribution in [0.4, 0.5) is 5.69 Å². The fraction of sp³-hybridized carbons (Fsp3) is 0.391. The molecule has 3 nitrogen and oxygen atoms in total. The van der Waals surface area contributed by atoms with Crippen LogP contribution in [0.1, 0.15) is 55.1 Å². The molecule has 0 radical (unpaired) electrons. The van der Waals surface area contributed by atoms with Gasteiger partial charge in [-0.3, -0.25) is 4.79 Å². The molecule has 0 amide bonds. The van der Waals surface area contributed by atoms with Crippen LogP contribution in [0.15, 0.2) is 36.4 Å². The van der Waals surface area contributed by atoms with Gasteiger partial charge in [0.15, 0.2) is 0 Å². The normalized spacial score (nSPS) is 10.8. The van der Waals surface area contributed by atoms with E-state index in [-0.39, 0.29) is 11.5 Å². The first-order valence-corrected chi connectivity index (χ1v) is 9.43. The number of carbonyl (C=O) groups excluding carboxylic acids is 1. The van der Waals surface area contributed by atoms with Crippen LogP contribution in [0.2, 0.25) is 0 Å². The molecular weight excluding hydrogens is 320 g/mol. The highest BCUT2D eigenvalue weighted by Gasteiger charge is 2.20. The van der Waals surface area contributed by atoms with Gasteiger partial charge in [0.1, 0.15) is 0 Å². The molecule has 0 unspecified atom stereocenters. The largest absolute Gasteiger partial charge is 0.384 e. The second-order valence-corrected chi connectivity index (χ2v) is 7.06. The van der Waals surface area contributed by atoms with Gasteiger partial charge in [0, 0.05) is 12.2 Å². The monoisotopic (exact) mass is 350 g/mol. The van der Waals surface area contributed by atoms with Gasteiger partial charge in [0.25, 0.3) is 0 Å². The zero-order valence-corrected chi connectivity index (χ0v) is 16.6. The number of hydrogen-bond acceptors (Lipinski definition) is 3. The van der Waals surface area contributed by atoms with Gasteiger partial charge in [-0.15, -0.1) is 0 Å². The molecule has 0 saturated heterocycles. The summed E-state index contributed by atoms with van der Waals surface area (Å²) in [6.45, 7) is 10.9. The van der Waals surface area contributed by atoms with Crippen molar-refractivity contribution < 1.29 is 4.79 Å². The van der Waals surface area contributed by atoms with Gasteiger partial charge in [0.05, 0.1) is 11.3 Å². The molecule has 0 aliphatic carbocycles. The van der Waals surface area contributed by atoms with Crippen LogP contribution in [0, 0.1) is 25.2 Å². The van der Waals surface area contributed by atoms with E-state index in [4.69, 9.17) is 5.41 Å². The highest BCUT2D eigenvalue weighted by atomic mass is 16.1. The van der Waals surface area contributed by atoms with Gasteiger partial charge < -0.3 is 10.7 Å². The van der Waals surface area contributed by atoms with Crippen molar-refractivity contribution in [1.82, 2.24) is 0 Å². The third-order valence-corrected chi connectivity index (χ3v) is 5.04. The lowest BCUT2D eigenvalue weighted by Gasteiger charge is -2.19. The van der Waals surface area contributed by atoms with E-state index in [1.165, 1.54) is 5.56 Å². The van der Waals surface area contributed by atoms with Crippen LogP contribution in [-0.2, 0) is 0 Å². The molecule has 0 saturated carbocycles. The fourth-order valence-electron chi connectivity index (χ4n) is 3.30. The summed E-state index contributed by atoms with van der Waals surface area (Å²) < 4.78 is 0. The van der Waals surface area contributed by atoms with E-state index in [9.17, 15) is 4.79 Å². The standard InChI is InChI=1S/C23H30N2O/c1-6-18(7-2)14-25-21-10-8-9-20(22(21)23(26)17(5)24)19-12-11-15(3)13-16(19)4/h8-13,18,24-25H,6-7,14H2,1-5H3. The summed E-state index contributed by atoms with van der Waals surface area (Å²) in [6, 6.07) is 12.2. The first-order valence-electron chi connectivity index (χ1n) is 9.43. The predicted octanol–water partition coefficient (Wildman–Crippen LogP) is 6.04. The van der Waals surface area contributed by atoms with E-state index in [0.717, 1.165) is 41.8 Å². The van der Waals surface area contributed by atoms with Crippen molar-refractivity contribution in [1.29, 1.82) is 5.41 Å². The number of hydrogen-bond donors (Lipinski definition) is 2. The Hall–Kier alpha value is -2.42. The predicted molar refractivity (Wildman–Crippen MR) is 112 cm³/mol. The molecule has 2 N–H and O–H groups in total. The summed E-state index contributed by atoms with van der Waals surface area (Å²) in [5.41, 5.74) is 5.78. The van der Waals surface area contributed by atoms with E-state index >= 15 is 0 Å². The number of Topliss-reactive ketones (excluding diaryl/α,β-unsaturated/α-hetero) is 1. The van der Waals surface area contributed by atoms with Crippen molar-refractivity contribution >= 4 is 17.2 Å². The Morgan fingerprint density at radius 2 is 1.77 bits per heavy atom. The summed E-state index contributed by atoms with van der Waals surface area (Å²) in [7, 11) is 0. The average molecular weight is 351 g/mol. The summed E-state index contributed by atoms with van der Waals surface area (Å²) in [6.07, 6.45) is 2.21. The Balaban J connectivity index is 2.56. The third-order valence-electron chi connectivity index (χ3n) is 5.04. The van der Waals surface area contributed by atoms with Crippen molar-refractivity contribution in [2.24, 2.45) is 5.92 Å². The van der Waals surface area contributed by atoms with Crippen molar-refractivity contribution in [2.75, 3.05) is 11.9 Å². The zero-order valence-electron chi connectivity index (χ0n) is 16.6. The summed E-state index contributed by atoms with van der Waals surface area (Å²) >= 11 is 0. The van der Waals surface area contributed by atoms with Gasteiger partial charge in [0.2, 0.25) is 5.78 Å². The average Bonchev–Trinajstić information content (AvgIpc) is 2.61. The second-order valence-electron chi connectivity index (χ2n) is 7.06. The summed E-state index contributed by atoms with van der Waals surface area (Å²) in [5, 5.41) is 11.4. The maximum Gasteiger partial charge on any atom is 0.208 e. The Morgan fingerprint density at radius 1 is 1.08 bits per heavy atom. The summed E-state index contributed by atoms with van der Waals surface area (Å²) in [5.74, 6) is 0.358. The Bertz CT molecular complexity index is 804. The Labute approximate surface area is 157 Å². The van der Waals surface area contributed by atoms with Gasteiger partial charge in [-0.2, -0.15) is 0 Å². The number of ketones is 1. The second kappa shape index (κ2) is 8.79. The minimum absolute atomic E-state index is 0.0628. The van der Waals surface area contributed by atoms with E-state index in [1.807, 2.05) is 18.2 Å². The van der Waals surface area contributed by atoms with Crippen molar-refractivity contribution in [3.05, 3.63) is 53.1 Å². The lowest BCUT2D eigenvalue weighted by molar-refractivity contribution is 0.106. The SMILES string of the molecule is CCC(CC)CNc1cccc(-c2ccc(C)cc2C)c1C(=O)C(C)=N. The van der Waals surface area contributed by atoms with E-state index in [2.05, 4.69) is 51.2 Å². The number of benzene rings is 2. The van der Waals surface area contributed by atoms with E-state index < -0.39 is 0 Å². The topological polar surface area (TPSA) is 53.0 Å². The number of rotatable bonds is 8. The van der Waals surface area contributed by atoms with E-state index in [0.29, 0.717) is 11.5 Å². The molecule has 0 aromatic heterocycles. The first kappa shape index (κ1) is 19.9. The number of anilines is 1. The van der Waals surface area contributed by atoms with Crippen LogP contribution in [0.3, 0.4) is 0 Å². The smallest absolute Gasteiger partial charge is 0.208 e. The highest BCUT2D eigenvalue weighted by Crippen LogP contribution is 2.33. The van der Waals surface area contributed by atoms with E-state index in [1.54, 1.807) is 6.92 Å². The minimum Gasteiger partial charge on any atom is -0.384 e. The van der Waals surface area contributed by atoms with Crippen molar-refractivity contribution in [2.45, 2.75) is 47.5 Å². The molecule has 0 heterocycles. The molecular formula is C23H30N2O. The van der Waals surface area contributed by atoms with Crippen LogP contribution in [0.25, 0.3) is 11.1 Å². The molecule has 2 rings (SSSR count). The fourth-order valence-corrected chi connectivity index (χ4v) is 3.30. The first-order chi connectivity index (χ1) is 12.4. The molecule has 0 fully saturated rings. The van der Waals surface area contributed by atoms with Gasteiger partial charge in [-0.05, 0) is 49.4 Å². The van der Waals surface area contributed by atoms with Gasteiger partial charge in [-0.1, -0.05) is 62.6 Å². The van der Waals surface area contributed by atoms with Crippen LogP contribution in [-0.4, -0.2) is 18.0 Å². The molecule has 26 heavy (non-hydrogen) atoms. The van der Waals surface area contributed by atoms with Crippen LogP contribution in [0.5, 0.6) is 0 Å². The van der Waals surface area contributed by atoms with Crippen molar-refractivity contribution in [3.8, 4) is 11.1 Å². The molecule has 138 valence electrons. The highest BCUT2D eigenvalue weighted by molar-refractivity contribution is 6.46. The molecule has 2 aromatic carbocycles. The lowest BCUT2D eigenvalue weighted by atomic mass is 9.90. The molecule has 0 atom stereocenters. The number of carbonyl (C=O) groups is 1. The summed E-state index contributed by atoms with van der Waals surface area (Å²) in [4.78, 5) is 12.9. The molecule has 2 aromatic rings.